The van der Waals surface area contributed by atoms with Gasteiger partial charge in [-0.15, -0.1) is 0 Å². The number of hydrogen-bond donors (Lipinski definition) is 0. The second kappa shape index (κ2) is 29.3. The number of rotatable bonds is 22. The molecular weight excluding hydrogens is 408 g/mol. The molecule has 0 radical (unpaired) electrons. The van der Waals surface area contributed by atoms with Crippen molar-refractivity contribution >= 4 is 21.6 Å². The standard InChI is InChI=1S/C24H50OS.C2H6OS/c1-3-5-7-9-11-13-15-17-19-21-23-26(25)24-22-20-18-16-14-12-10-8-6-4-2;1-4(2)3/h3-24H2,1-2H3;1-2H3. The summed E-state index contributed by atoms with van der Waals surface area (Å²) in [5, 5.41) is 0. The summed E-state index contributed by atoms with van der Waals surface area (Å²) in [4.78, 5) is 0. The second-order valence-electron chi connectivity index (χ2n) is 8.95. The van der Waals surface area contributed by atoms with Crippen molar-refractivity contribution in [2.45, 2.75) is 142 Å². The molecule has 0 unspecified atom stereocenters. The van der Waals surface area contributed by atoms with Crippen molar-refractivity contribution in [1.82, 2.24) is 0 Å². The largest absolute Gasteiger partial charge is 0.260 e. The van der Waals surface area contributed by atoms with E-state index in [0.29, 0.717) is 0 Å². The van der Waals surface area contributed by atoms with Crippen molar-refractivity contribution in [1.29, 1.82) is 0 Å². The zero-order chi connectivity index (χ0) is 22.7. The first kappa shape index (κ1) is 32.5. The van der Waals surface area contributed by atoms with E-state index >= 15 is 0 Å². The van der Waals surface area contributed by atoms with Crippen molar-refractivity contribution in [3.8, 4) is 0 Å². The summed E-state index contributed by atoms with van der Waals surface area (Å²) in [6.07, 6.45) is 30.6. The van der Waals surface area contributed by atoms with Crippen LogP contribution in [0.15, 0.2) is 0 Å². The van der Waals surface area contributed by atoms with E-state index in [-0.39, 0.29) is 0 Å². The van der Waals surface area contributed by atoms with Crippen LogP contribution in [0.25, 0.3) is 0 Å². The van der Waals surface area contributed by atoms with E-state index in [1.54, 1.807) is 12.5 Å². The van der Waals surface area contributed by atoms with Crippen LogP contribution in [0.3, 0.4) is 0 Å². The molecule has 0 fully saturated rings. The minimum atomic E-state index is -0.611. The Morgan fingerprint density at radius 2 is 0.600 bits per heavy atom. The summed E-state index contributed by atoms with van der Waals surface area (Å²) in [6.45, 7) is 4.56. The topological polar surface area (TPSA) is 34.1 Å². The third-order valence-electron chi connectivity index (χ3n) is 5.45. The molecule has 184 valence electrons. The summed E-state index contributed by atoms with van der Waals surface area (Å²) in [7, 11) is -1.16. The van der Waals surface area contributed by atoms with E-state index in [1.165, 1.54) is 128 Å². The summed E-state index contributed by atoms with van der Waals surface area (Å²) in [5.41, 5.74) is 0. The van der Waals surface area contributed by atoms with E-state index in [0.717, 1.165) is 11.5 Å². The van der Waals surface area contributed by atoms with E-state index in [4.69, 9.17) is 0 Å². The van der Waals surface area contributed by atoms with Gasteiger partial charge in [0.15, 0.2) is 0 Å². The van der Waals surface area contributed by atoms with Crippen molar-refractivity contribution in [2.24, 2.45) is 0 Å². The monoisotopic (exact) mass is 464 g/mol. The summed E-state index contributed by atoms with van der Waals surface area (Å²) in [5.74, 6) is 1.90. The van der Waals surface area contributed by atoms with Gasteiger partial charge in [0.25, 0.3) is 0 Å². The molecule has 0 heterocycles. The molecule has 0 aliphatic carbocycles. The van der Waals surface area contributed by atoms with Gasteiger partial charge in [0.05, 0.1) is 0 Å². The smallest absolute Gasteiger partial charge is 0.0234 e. The lowest BCUT2D eigenvalue weighted by Crippen LogP contribution is -2.02. The molecule has 0 atom stereocenters. The highest BCUT2D eigenvalue weighted by atomic mass is 32.2. The fraction of sp³-hybridized carbons (Fsp3) is 1.00. The lowest BCUT2D eigenvalue weighted by molar-refractivity contribution is 0.560. The normalized spacial score (nSPS) is 11.1. The van der Waals surface area contributed by atoms with Crippen LogP contribution >= 0.6 is 0 Å². The van der Waals surface area contributed by atoms with E-state index < -0.39 is 21.6 Å². The highest BCUT2D eigenvalue weighted by molar-refractivity contribution is 7.84. The molecule has 30 heavy (non-hydrogen) atoms. The number of hydrogen-bond acceptors (Lipinski definition) is 2. The Bertz CT molecular complexity index is 329. The van der Waals surface area contributed by atoms with Crippen LogP contribution in [0.2, 0.25) is 0 Å². The molecule has 0 aromatic carbocycles. The van der Waals surface area contributed by atoms with Gasteiger partial charge in [-0.25, -0.2) is 0 Å². The maximum atomic E-state index is 12.0. The third-order valence-corrected chi connectivity index (χ3v) is 6.94. The fourth-order valence-corrected chi connectivity index (χ4v) is 4.86. The molecule has 0 aromatic rings. The van der Waals surface area contributed by atoms with Crippen LogP contribution in [-0.4, -0.2) is 32.4 Å². The molecule has 0 saturated carbocycles. The summed E-state index contributed by atoms with van der Waals surface area (Å²) < 4.78 is 21.6. The molecule has 0 aromatic heterocycles. The molecule has 2 nitrogen and oxygen atoms in total. The zero-order valence-electron chi connectivity index (χ0n) is 21.2. The molecule has 0 amide bonds. The third kappa shape index (κ3) is 35.7. The average molecular weight is 465 g/mol. The van der Waals surface area contributed by atoms with Gasteiger partial charge in [0.2, 0.25) is 0 Å². The first-order chi connectivity index (χ1) is 14.5. The molecule has 4 heteroatoms. The predicted octanol–water partition coefficient (Wildman–Crippen LogP) is 8.57. The zero-order valence-corrected chi connectivity index (χ0v) is 22.8. The fourth-order valence-electron chi connectivity index (χ4n) is 3.60. The molecular formula is C26H56O2S2. The summed E-state index contributed by atoms with van der Waals surface area (Å²) in [6, 6.07) is 0. The minimum absolute atomic E-state index is 0.545. The Morgan fingerprint density at radius 1 is 0.400 bits per heavy atom. The van der Waals surface area contributed by atoms with Gasteiger partial charge in [-0.3, -0.25) is 8.42 Å². The molecule has 0 aliphatic heterocycles. The van der Waals surface area contributed by atoms with Crippen LogP contribution in [0.4, 0.5) is 0 Å². The van der Waals surface area contributed by atoms with Gasteiger partial charge in [-0.05, 0) is 12.8 Å². The Kier molecular flexibility index (Phi) is 31.7. The van der Waals surface area contributed by atoms with Crippen LogP contribution in [0.1, 0.15) is 142 Å². The van der Waals surface area contributed by atoms with Crippen molar-refractivity contribution in [3.63, 3.8) is 0 Å². The summed E-state index contributed by atoms with van der Waals surface area (Å²) >= 11 is 0. The van der Waals surface area contributed by atoms with Crippen molar-refractivity contribution in [2.75, 3.05) is 24.0 Å². The molecule has 0 bridgehead atoms. The van der Waals surface area contributed by atoms with E-state index in [2.05, 4.69) is 13.8 Å². The van der Waals surface area contributed by atoms with Crippen LogP contribution in [-0.2, 0) is 21.6 Å². The first-order valence-corrected chi connectivity index (χ1v) is 16.6. The van der Waals surface area contributed by atoms with Crippen molar-refractivity contribution < 1.29 is 8.42 Å². The highest BCUT2D eigenvalue weighted by Gasteiger charge is 2.00. The maximum absolute atomic E-state index is 12.0. The Balaban J connectivity index is 0. The van der Waals surface area contributed by atoms with Gasteiger partial charge in [0.1, 0.15) is 0 Å². The van der Waals surface area contributed by atoms with Gasteiger partial charge in [-0.2, -0.15) is 0 Å². The highest BCUT2D eigenvalue weighted by Crippen LogP contribution is 2.12. The minimum Gasteiger partial charge on any atom is -0.260 e. The molecule has 0 spiro atoms. The number of unbranched alkanes of at least 4 members (excludes halogenated alkanes) is 18. The predicted molar refractivity (Wildman–Crippen MR) is 142 cm³/mol. The second-order valence-corrected chi connectivity index (χ2v) is 12.1. The quantitative estimate of drug-likeness (QED) is 0.150. The average Bonchev–Trinajstić information content (AvgIpc) is 2.70. The lowest BCUT2D eigenvalue weighted by atomic mass is 10.1. The van der Waals surface area contributed by atoms with Crippen LogP contribution in [0, 0.1) is 0 Å². The Labute approximate surface area is 196 Å². The van der Waals surface area contributed by atoms with Gasteiger partial charge >= 0.3 is 0 Å². The van der Waals surface area contributed by atoms with Crippen molar-refractivity contribution in [3.05, 3.63) is 0 Å². The lowest BCUT2D eigenvalue weighted by Gasteiger charge is -2.04. The van der Waals surface area contributed by atoms with Gasteiger partial charge < -0.3 is 0 Å². The molecule has 0 rings (SSSR count). The first-order valence-electron chi connectivity index (χ1n) is 13.1. The molecule has 0 saturated heterocycles. The van der Waals surface area contributed by atoms with Gasteiger partial charge in [-0.1, -0.05) is 129 Å². The van der Waals surface area contributed by atoms with Gasteiger partial charge in [0, 0.05) is 45.6 Å². The Morgan fingerprint density at radius 3 is 0.833 bits per heavy atom. The van der Waals surface area contributed by atoms with Crippen LogP contribution < -0.4 is 0 Å². The van der Waals surface area contributed by atoms with Crippen LogP contribution in [0.5, 0.6) is 0 Å². The van der Waals surface area contributed by atoms with E-state index in [1.807, 2.05) is 0 Å². The molecule has 0 aliphatic rings. The molecule has 0 N–H and O–H groups in total. The SMILES string of the molecule is CCCCCCCCCCCCS(=O)CCCCCCCCCCCC.CS(C)=O. The Hall–Kier alpha value is 0.300. The maximum Gasteiger partial charge on any atom is 0.0234 e. The van der Waals surface area contributed by atoms with E-state index in [9.17, 15) is 8.42 Å².